The fourth-order valence-electron chi connectivity index (χ4n) is 1.42. The van der Waals surface area contributed by atoms with Crippen LogP contribution in [0.25, 0.3) is 0 Å². The summed E-state index contributed by atoms with van der Waals surface area (Å²) < 4.78 is 5.45. The number of amides is 2. The number of carbonyl (C=O) groups is 2. The largest absolute Gasteiger partial charge is 0.493 e. The van der Waals surface area contributed by atoms with Gasteiger partial charge < -0.3 is 15.4 Å². The molecular weight excluding hydrogens is 244 g/mol. The predicted octanol–water partition coefficient (Wildman–Crippen LogP) is 1.02. The molecule has 104 valence electrons. The monoisotopic (exact) mass is 264 g/mol. The van der Waals surface area contributed by atoms with E-state index in [2.05, 4.69) is 10.6 Å². The van der Waals surface area contributed by atoms with Crippen LogP contribution in [0.15, 0.2) is 24.3 Å². The van der Waals surface area contributed by atoms with E-state index in [1.165, 1.54) is 12.5 Å². The molecule has 0 fully saturated rings. The molecule has 0 aromatic heterocycles. The maximum absolute atomic E-state index is 11.4. The predicted molar refractivity (Wildman–Crippen MR) is 73.0 cm³/mol. The Morgan fingerprint density at radius 3 is 2.37 bits per heavy atom. The first-order valence-corrected chi connectivity index (χ1v) is 6.28. The van der Waals surface area contributed by atoms with Gasteiger partial charge in [0.15, 0.2) is 0 Å². The van der Waals surface area contributed by atoms with Crippen molar-refractivity contribution in [1.82, 2.24) is 10.6 Å². The fourth-order valence-corrected chi connectivity index (χ4v) is 1.42. The van der Waals surface area contributed by atoms with Crippen LogP contribution >= 0.6 is 0 Å². The van der Waals surface area contributed by atoms with Crippen molar-refractivity contribution in [2.75, 3.05) is 19.7 Å². The molecule has 19 heavy (non-hydrogen) atoms. The van der Waals surface area contributed by atoms with E-state index in [1.807, 2.05) is 31.2 Å². The van der Waals surface area contributed by atoms with Gasteiger partial charge in [0.1, 0.15) is 5.75 Å². The van der Waals surface area contributed by atoms with Crippen molar-refractivity contribution in [2.24, 2.45) is 0 Å². The number of hydrogen-bond donors (Lipinski definition) is 2. The lowest BCUT2D eigenvalue weighted by Gasteiger charge is -2.07. The first kappa shape index (κ1) is 15.0. The molecule has 1 aromatic rings. The molecule has 0 bridgehead atoms. The number of ether oxygens (including phenoxy) is 1. The molecule has 5 heteroatoms. The van der Waals surface area contributed by atoms with Gasteiger partial charge in [-0.05, 0) is 19.1 Å². The van der Waals surface area contributed by atoms with Gasteiger partial charge in [0.2, 0.25) is 11.8 Å². The SMILES string of the molecule is CC(=O)NCCNC(=O)CCOc1ccc(C)cc1. The lowest BCUT2D eigenvalue weighted by atomic mass is 10.2. The third kappa shape index (κ3) is 7.08. The molecule has 0 saturated heterocycles. The summed E-state index contributed by atoms with van der Waals surface area (Å²) >= 11 is 0. The summed E-state index contributed by atoms with van der Waals surface area (Å²) in [6.07, 6.45) is 0.300. The Morgan fingerprint density at radius 1 is 1.11 bits per heavy atom. The number of hydrogen-bond acceptors (Lipinski definition) is 3. The Labute approximate surface area is 113 Å². The lowest BCUT2D eigenvalue weighted by Crippen LogP contribution is -2.34. The fraction of sp³-hybridized carbons (Fsp3) is 0.429. The molecular formula is C14H20N2O3. The van der Waals surface area contributed by atoms with Gasteiger partial charge in [-0.1, -0.05) is 17.7 Å². The van der Waals surface area contributed by atoms with Gasteiger partial charge in [-0.15, -0.1) is 0 Å². The van der Waals surface area contributed by atoms with E-state index in [0.29, 0.717) is 26.1 Å². The van der Waals surface area contributed by atoms with Crippen molar-refractivity contribution in [1.29, 1.82) is 0 Å². The zero-order valence-electron chi connectivity index (χ0n) is 11.4. The highest BCUT2D eigenvalue weighted by atomic mass is 16.5. The summed E-state index contributed by atoms with van der Waals surface area (Å²) in [6, 6.07) is 7.68. The molecule has 0 aliphatic rings. The van der Waals surface area contributed by atoms with Crippen molar-refractivity contribution < 1.29 is 14.3 Å². The normalized spacial score (nSPS) is 9.79. The van der Waals surface area contributed by atoms with E-state index in [1.54, 1.807) is 0 Å². The summed E-state index contributed by atoms with van der Waals surface area (Å²) in [5.74, 6) is 0.575. The van der Waals surface area contributed by atoms with Crippen molar-refractivity contribution >= 4 is 11.8 Å². The van der Waals surface area contributed by atoms with Crippen LogP contribution in [-0.4, -0.2) is 31.5 Å². The highest BCUT2D eigenvalue weighted by molar-refractivity contribution is 5.76. The van der Waals surface area contributed by atoms with Crippen molar-refractivity contribution in [3.05, 3.63) is 29.8 Å². The number of nitrogens with one attached hydrogen (secondary N) is 2. The molecule has 0 aliphatic carbocycles. The molecule has 0 saturated carbocycles. The highest BCUT2D eigenvalue weighted by Gasteiger charge is 2.01. The Balaban J connectivity index is 2.10. The Morgan fingerprint density at radius 2 is 1.74 bits per heavy atom. The first-order chi connectivity index (χ1) is 9.08. The van der Waals surface area contributed by atoms with E-state index in [-0.39, 0.29) is 11.8 Å². The van der Waals surface area contributed by atoms with Gasteiger partial charge in [0.25, 0.3) is 0 Å². The van der Waals surface area contributed by atoms with Crippen LogP contribution in [0.1, 0.15) is 18.9 Å². The molecule has 2 N–H and O–H groups in total. The Hall–Kier alpha value is -2.04. The molecule has 0 aliphatic heterocycles. The van der Waals surface area contributed by atoms with Crippen LogP contribution in [0.3, 0.4) is 0 Å². The van der Waals surface area contributed by atoms with E-state index in [0.717, 1.165) is 5.75 Å². The minimum atomic E-state index is -0.100. The second kappa shape index (κ2) is 8.13. The van der Waals surface area contributed by atoms with E-state index >= 15 is 0 Å². The standard InChI is InChI=1S/C14H20N2O3/c1-11-3-5-13(6-4-11)19-10-7-14(18)16-9-8-15-12(2)17/h3-6H,7-10H2,1-2H3,(H,15,17)(H,16,18). The third-order valence-electron chi connectivity index (χ3n) is 2.44. The van der Waals surface area contributed by atoms with E-state index in [9.17, 15) is 9.59 Å². The zero-order valence-corrected chi connectivity index (χ0v) is 11.4. The van der Waals surface area contributed by atoms with Crippen molar-refractivity contribution in [3.63, 3.8) is 0 Å². The second-order valence-corrected chi connectivity index (χ2v) is 4.24. The van der Waals surface area contributed by atoms with Crippen molar-refractivity contribution in [2.45, 2.75) is 20.3 Å². The molecule has 0 unspecified atom stereocenters. The van der Waals surface area contributed by atoms with Crippen LogP contribution in [0.2, 0.25) is 0 Å². The number of aryl methyl sites for hydroxylation is 1. The second-order valence-electron chi connectivity index (χ2n) is 4.24. The minimum absolute atomic E-state index is 0.0857. The van der Waals surface area contributed by atoms with Crippen LogP contribution in [-0.2, 0) is 9.59 Å². The molecule has 0 atom stereocenters. The molecule has 2 amide bonds. The van der Waals surface area contributed by atoms with Gasteiger partial charge in [0, 0.05) is 20.0 Å². The molecule has 5 nitrogen and oxygen atoms in total. The quantitative estimate of drug-likeness (QED) is 0.722. The lowest BCUT2D eigenvalue weighted by molar-refractivity contribution is -0.122. The van der Waals surface area contributed by atoms with E-state index < -0.39 is 0 Å². The van der Waals surface area contributed by atoms with Crippen molar-refractivity contribution in [3.8, 4) is 5.75 Å². The molecule has 0 heterocycles. The third-order valence-corrected chi connectivity index (χ3v) is 2.44. The Kier molecular flexibility index (Phi) is 6.43. The molecule has 1 rings (SSSR count). The number of carbonyl (C=O) groups excluding carboxylic acids is 2. The smallest absolute Gasteiger partial charge is 0.223 e. The van der Waals surface area contributed by atoms with Crippen LogP contribution < -0.4 is 15.4 Å². The van der Waals surface area contributed by atoms with Gasteiger partial charge in [-0.25, -0.2) is 0 Å². The Bertz CT molecular complexity index is 415. The summed E-state index contributed by atoms with van der Waals surface area (Å²) in [5.41, 5.74) is 1.17. The first-order valence-electron chi connectivity index (χ1n) is 6.28. The zero-order chi connectivity index (χ0) is 14.1. The highest BCUT2D eigenvalue weighted by Crippen LogP contribution is 2.11. The van der Waals surface area contributed by atoms with Gasteiger partial charge in [0.05, 0.1) is 13.0 Å². The van der Waals surface area contributed by atoms with Gasteiger partial charge in [-0.3, -0.25) is 9.59 Å². The average molecular weight is 264 g/mol. The maximum atomic E-state index is 11.4. The van der Waals surface area contributed by atoms with Crippen LogP contribution in [0.5, 0.6) is 5.75 Å². The summed E-state index contributed by atoms with van der Waals surface area (Å²) in [6.45, 7) is 4.67. The van der Waals surface area contributed by atoms with Gasteiger partial charge in [-0.2, -0.15) is 0 Å². The summed E-state index contributed by atoms with van der Waals surface area (Å²) in [7, 11) is 0. The van der Waals surface area contributed by atoms with Gasteiger partial charge >= 0.3 is 0 Å². The summed E-state index contributed by atoms with van der Waals surface area (Å²) in [4.78, 5) is 22.0. The molecule has 1 aromatic carbocycles. The van der Waals surface area contributed by atoms with Crippen LogP contribution in [0.4, 0.5) is 0 Å². The maximum Gasteiger partial charge on any atom is 0.223 e. The topological polar surface area (TPSA) is 67.4 Å². The molecule has 0 spiro atoms. The number of rotatable bonds is 7. The average Bonchev–Trinajstić information content (AvgIpc) is 2.37. The van der Waals surface area contributed by atoms with E-state index in [4.69, 9.17) is 4.74 Å². The van der Waals surface area contributed by atoms with Crippen LogP contribution in [0, 0.1) is 6.92 Å². The summed E-state index contributed by atoms with van der Waals surface area (Å²) in [5, 5.41) is 5.30. The minimum Gasteiger partial charge on any atom is -0.493 e. The number of benzene rings is 1. The molecule has 0 radical (unpaired) electrons.